The highest BCUT2D eigenvalue weighted by Crippen LogP contribution is 2.26. The molecule has 0 saturated carbocycles. The van der Waals surface area contributed by atoms with Crippen LogP contribution in [0.5, 0.6) is 0 Å². The molecule has 2 aromatic carbocycles. The quantitative estimate of drug-likeness (QED) is 0.459. The lowest BCUT2D eigenvalue weighted by Crippen LogP contribution is -2.54. The maximum absolute atomic E-state index is 13.5. The van der Waals surface area contributed by atoms with E-state index in [2.05, 4.69) is 10.6 Å². The van der Waals surface area contributed by atoms with E-state index in [9.17, 15) is 24.8 Å². The molecule has 2 aromatic rings. The number of ether oxygens (including phenoxy) is 1. The van der Waals surface area contributed by atoms with Gasteiger partial charge < -0.3 is 25.4 Å². The van der Waals surface area contributed by atoms with Gasteiger partial charge in [-0.25, -0.2) is 4.79 Å². The predicted octanol–water partition coefficient (Wildman–Crippen LogP) is 2.90. The van der Waals surface area contributed by atoms with Gasteiger partial charge in [-0.15, -0.1) is 0 Å². The summed E-state index contributed by atoms with van der Waals surface area (Å²) >= 11 is 0. The number of hydrogen-bond donors (Lipinski definition) is 3. The minimum Gasteiger partial charge on any atom is -0.444 e. The zero-order chi connectivity index (χ0) is 26.9. The number of benzene rings is 2. The van der Waals surface area contributed by atoms with Gasteiger partial charge in [-0.05, 0) is 51.3 Å². The van der Waals surface area contributed by atoms with Crippen LogP contribution in [0.3, 0.4) is 0 Å². The van der Waals surface area contributed by atoms with Gasteiger partial charge in [0, 0.05) is 6.54 Å². The molecule has 0 spiro atoms. The molecule has 0 saturated heterocycles. The van der Waals surface area contributed by atoms with Crippen LogP contribution < -0.4 is 10.6 Å². The Morgan fingerprint density at radius 1 is 1.11 bits per heavy atom. The Labute approximate surface area is 212 Å². The van der Waals surface area contributed by atoms with Crippen molar-refractivity contribution in [2.24, 2.45) is 0 Å². The zero-order valence-electron chi connectivity index (χ0n) is 21.4. The highest BCUT2D eigenvalue weighted by atomic mass is 16.6. The van der Waals surface area contributed by atoms with Gasteiger partial charge >= 0.3 is 6.09 Å². The van der Waals surface area contributed by atoms with Gasteiger partial charge in [0.1, 0.15) is 24.2 Å². The number of rotatable bonds is 9. The molecule has 0 heterocycles. The van der Waals surface area contributed by atoms with Gasteiger partial charge in [-0.3, -0.25) is 9.59 Å². The highest BCUT2D eigenvalue weighted by molar-refractivity contribution is 5.92. The molecule has 2 rings (SSSR count). The molecule has 0 bridgehead atoms. The van der Waals surface area contributed by atoms with Crippen LogP contribution in [-0.2, 0) is 20.9 Å². The van der Waals surface area contributed by atoms with E-state index in [1.807, 2.05) is 62.4 Å². The summed E-state index contributed by atoms with van der Waals surface area (Å²) in [6.07, 6.45) is -0.899. The fraction of sp³-hybridized carbons (Fsp3) is 0.407. The molecule has 0 fully saturated rings. The molecule has 9 nitrogen and oxygen atoms in total. The Morgan fingerprint density at radius 2 is 1.78 bits per heavy atom. The van der Waals surface area contributed by atoms with Crippen molar-refractivity contribution in [1.29, 1.82) is 5.26 Å². The number of carbonyl (C=O) groups excluding carboxylic acids is 3. The Hall–Kier alpha value is -3.90. The molecule has 0 aliphatic carbocycles. The lowest BCUT2D eigenvalue weighted by molar-refractivity contribution is -0.142. The molecule has 3 N–H and O–H groups in total. The van der Waals surface area contributed by atoms with Gasteiger partial charge in [-0.1, -0.05) is 54.1 Å². The van der Waals surface area contributed by atoms with Gasteiger partial charge in [0.05, 0.1) is 12.7 Å². The third-order valence-corrected chi connectivity index (χ3v) is 5.29. The Kier molecular flexibility index (Phi) is 10.00. The van der Waals surface area contributed by atoms with Crippen molar-refractivity contribution in [2.75, 3.05) is 13.2 Å². The monoisotopic (exact) mass is 494 g/mol. The van der Waals surface area contributed by atoms with Crippen LogP contribution >= 0.6 is 0 Å². The molecule has 0 aromatic heterocycles. The second kappa shape index (κ2) is 12.7. The molecule has 9 heteroatoms. The maximum Gasteiger partial charge on any atom is 0.408 e. The van der Waals surface area contributed by atoms with Gasteiger partial charge in [-0.2, -0.15) is 5.26 Å². The minimum absolute atomic E-state index is 0.217. The van der Waals surface area contributed by atoms with E-state index in [1.165, 1.54) is 0 Å². The van der Waals surface area contributed by atoms with E-state index in [0.717, 1.165) is 21.6 Å². The molecule has 0 aliphatic rings. The van der Waals surface area contributed by atoms with Gasteiger partial charge in [0.25, 0.3) is 0 Å². The summed E-state index contributed by atoms with van der Waals surface area (Å²) in [4.78, 5) is 40.4. The van der Waals surface area contributed by atoms with Crippen LogP contribution in [0.2, 0.25) is 0 Å². The molecule has 0 radical (unpaired) electrons. The summed E-state index contributed by atoms with van der Waals surface area (Å²) in [5, 5.41) is 24.6. The number of hydrogen-bond acceptors (Lipinski definition) is 6. The zero-order valence-corrected chi connectivity index (χ0v) is 21.4. The molecule has 36 heavy (non-hydrogen) atoms. The van der Waals surface area contributed by atoms with Crippen LogP contribution in [0.25, 0.3) is 0 Å². The van der Waals surface area contributed by atoms with Crippen molar-refractivity contribution in [3.63, 3.8) is 0 Å². The Balaban J connectivity index is 2.43. The second-order valence-corrected chi connectivity index (χ2v) is 9.47. The van der Waals surface area contributed by atoms with E-state index in [4.69, 9.17) is 4.74 Å². The third-order valence-electron chi connectivity index (χ3n) is 5.29. The normalized spacial score (nSPS) is 12.6. The average molecular weight is 495 g/mol. The topological polar surface area (TPSA) is 132 Å². The molecule has 2 unspecified atom stereocenters. The summed E-state index contributed by atoms with van der Waals surface area (Å²) in [6.45, 7) is 7.69. The fourth-order valence-corrected chi connectivity index (χ4v) is 3.59. The van der Waals surface area contributed by atoms with Gasteiger partial charge in [0.2, 0.25) is 11.8 Å². The van der Waals surface area contributed by atoms with Crippen molar-refractivity contribution < 1.29 is 24.2 Å². The van der Waals surface area contributed by atoms with E-state index in [0.29, 0.717) is 5.56 Å². The van der Waals surface area contributed by atoms with Crippen LogP contribution in [0.1, 0.15) is 49.1 Å². The Morgan fingerprint density at radius 3 is 2.36 bits per heavy atom. The maximum atomic E-state index is 13.5. The number of nitrogens with one attached hydrogen (secondary N) is 2. The Bertz CT molecular complexity index is 1110. The van der Waals surface area contributed by atoms with Crippen LogP contribution in [-0.4, -0.2) is 52.7 Å². The second-order valence-electron chi connectivity index (χ2n) is 9.47. The van der Waals surface area contributed by atoms with E-state index >= 15 is 0 Å². The number of amides is 3. The number of nitriles is 1. The molecular formula is C27H34N4O5. The third kappa shape index (κ3) is 8.10. The van der Waals surface area contributed by atoms with E-state index in [1.54, 1.807) is 26.8 Å². The number of alkyl carbamates (subject to hydrolysis) is 1. The molecule has 2 atom stereocenters. The summed E-state index contributed by atoms with van der Waals surface area (Å²) in [5.74, 6) is -1.28. The summed E-state index contributed by atoms with van der Waals surface area (Å²) in [5.41, 5.74) is 2.20. The van der Waals surface area contributed by atoms with Crippen molar-refractivity contribution in [3.05, 3.63) is 70.8 Å². The first-order valence-electron chi connectivity index (χ1n) is 11.6. The fourth-order valence-electron chi connectivity index (χ4n) is 3.59. The first-order chi connectivity index (χ1) is 17.0. The van der Waals surface area contributed by atoms with Gasteiger partial charge in [0.15, 0.2) is 0 Å². The summed E-state index contributed by atoms with van der Waals surface area (Å²) in [6, 6.07) is 14.1. The molecule has 3 amide bonds. The highest BCUT2D eigenvalue weighted by Gasteiger charge is 2.36. The van der Waals surface area contributed by atoms with E-state index in [-0.39, 0.29) is 6.54 Å². The molecule has 0 aliphatic heterocycles. The van der Waals surface area contributed by atoms with Crippen molar-refractivity contribution in [3.8, 4) is 6.07 Å². The lowest BCUT2D eigenvalue weighted by Gasteiger charge is -2.33. The number of nitrogens with zero attached hydrogens (tertiary/aromatic N) is 2. The predicted molar refractivity (Wildman–Crippen MR) is 135 cm³/mol. The standard InChI is InChI=1S/C27H34N4O5/c1-18-11-12-19(2)21(15-18)23(24(33)29-16-20-9-7-6-8-10-20)31(14-13-28)25(34)22(17-32)30-26(35)36-27(3,4)5/h6-12,15,22-23,32H,14,16-17H2,1-5H3,(H,29,33)(H,30,35). The number of carbonyl (C=O) groups is 3. The molecular weight excluding hydrogens is 460 g/mol. The van der Waals surface area contributed by atoms with Crippen molar-refractivity contribution in [2.45, 2.75) is 58.8 Å². The van der Waals surface area contributed by atoms with Crippen LogP contribution in [0, 0.1) is 25.2 Å². The number of aliphatic hydroxyl groups is 1. The van der Waals surface area contributed by atoms with Crippen LogP contribution in [0.4, 0.5) is 4.79 Å². The smallest absolute Gasteiger partial charge is 0.408 e. The van der Waals surface area contributed by atoms with E-state index < -0.39 is 48.7 Å². The van der Waals surface area contributed by atoms with Crippen molar-refractivity contribution >= 4 is 17.9 Å². The lowest BCUT2D eigenvalue weighted by atomic mass is 9.96. The largest absolute Gasteiger partial charge is 0.444 e. The number of aryl methyl sites for hydroxylation is 2. The average Bonchev–Trinajstić information content (AvgIpc) is 2.82. The molecule has 192 valence electrons. The van der Waals surface area contributed by atoms with Crippen LogP contribution in [0.15, 0.2) is 48.5 Å². The summed E-state index contributed by atoms with van der Waals surface area (Å²) < 4.78 is 5.20. The first kappa shape index (κ1) is 28.3. The van der Waals surface area contributed by atoms with Crippen molar-refractivity contribution in [1.82, 2.24) is 15.5 Å². The first-order valence-corrected chi connectivity index (χ1v) is 11.6. The SMILES string of the molecule is Cc1ccc(C)c(C(C(=O)NCc2ccccc2)N(CC#N)C(=O)C(CO)NC(=O)OC(C)(C)C)c1. The minimum atomic E-state index is -1.41. The summed E-state index contributed by atoms with van der Waals surface area (Å²) in [7, 11) is 0. The number of aliphatic hydroxyl groups excluding tert-OH is 1.